The lowest BCUT2D eigenvalue weighted by Gasteiger charge is -2.22. The van der Waals surface area contributed by atoms with E-state index in [-0.39, 0.29) is 11.6 Å². The number of amides is 1. The summed E-state index contributed by atoms with van der Waals surface area (Å²) >= 11 is 0. The smallest absolute Gasteiger partial charge is 0.260 e. The van der Waals surface area contributed by atoms with Crippen molar-refractivity contribution in [2.45, 2.75) is 25.3 Å². The van der Waals surface area contributed by atoms with Crippen molar-refractivity contribution in [1.82, 2.24) is 4.98 Å². The van der Waals surface area contributed by atoms with Gasteiger partial charge in [-0.15, -0.1) is 0 Å². The van der Waals surface area contributed by atoms with Crippen LogP contribution in [0.3, 0.4) is 0 Å². The van der Waals surface area contributed by atoms with Crippen molar-refractivity contribution in [2.24, 2.45) is 5.73 Å². The first kappa shape index (κ1) is 13.7. The van der Waals surface area contributed by atoms with Gasteiger partial charge in [-0.05, 0) is 54.7 Å². The Labute approximate surface area is 122 Å². The highest BCUT2D eigenvalue weighted by Crippen LogP contribution is 2.24. The molecule has 1 aromatic carbocycles. The Kier molecular flexibility index (Phi) is 3.66. The summed E-state index contributed by atoms with van der Waals surface area (Å²) in [6, 6.07) is 8.89. The zero-order valence-corrected chi connectivity index (χ0v) is 11.5. The molecule has 21 heavy (non-hydrogen) atoms. The van der Waals surface area contributed by atoms with Crippen LogP contribution in [0.4, 0.5) is 10.1 Å². The number of carbonyl (C=O) groups excluding carboxylic acids is 1. The second-order valence-corrected chi connectivity index (χ2v) is 5.28. The number of aromatic nitrogens is 1. The monoisotopic (exact) mass is 285 g/mol. The van der Waals surface area contributed by atoms with Crippen LogP contribution < -0.4 is 11.1 Å². The average Bonchev–Trinajstić information content (AvgIpc) is 2.48. The largest absolute Gasteiger partial charge is 0.327 e. The van der Waals surface area contributed by atoms with Gasteiger partial charge >= 0.3 is 0 Å². The van der Waals surface area contributed by atoms with Gasteiger partial charge in [0.15, 0.2) is 0 Å². The van der Waals surface area contributed by atoms with E-state index in [0.29, 0.717) is 5.69 Å². The fraction of sp³-hybridized carbons (Fsp3) is 0.250. The van der Waals surface area contributed by atoms with Gasteiger partial charge in [-0.2, -0.15) is 4.39 Å². The Bertz CT molecular complexity index is 687. The molecule has 0 radical (unpaired) electrons. The molecule has 3 rings (SSSR count). The number of halogens is 1. The summed E-state index contributed by atoms with van der Waals surface area (Å²) in [5.74, 6) is -1.26. The number of carbonyl (C=O) groups is 1. The maximum absolute atomic E-state index is 13.5. The Morgan fingerprint density at radius 1 is 1.33 bits per heavy atom. The van der Waals surface area contributed by atoms with Crippen molar-refractivity contribution < 1.29 is 9.18 Å². The van der Waals surface area contributed by atoms with Gasteiger partial charge in [0.2, 0.25) is 5.95 Å². The summed E-state index contributed by atoms with van der Waals surface area (Å²) in [4.78, 5) is 15.5. The van der Waals surface area contributed by atoms with Gasteiger partial charge < -0.3 is 11.1 Å². The molecule has 0 unspecified atom stereocenters. The Morgan fingerprint density at radius 3 is 3.00 bits per heavy atom. The van der Waals surface area contributed by atoms with Crippen LogP contribution in [0.2, 0.25) is 0 Å². The fourth-order valence-corrected chi connectivity index (χ4v) is 2.61. The van der Waals surface area contributed by atoms with E-state index in [1.54, 1.807) is 0 Å². The predicted molar refractivity (Wildman–Crippen MR) is 78.6 cm³/mol. The van der Waals surface area contributed by atoms with Crippen LogP contribution in [0.1, 0.15) is 27.9 Å². The molecular weight excluding hydrogens is 269 g/mol. The van der Waals surface area contributed by atoms with Crippen LogP contribution >= 0.6 is 0 Å². The van der Waals surface area contributed by atoms with E-state index < -0.39 is 11.9 Å². The van der Waals surface area contributed by atoms with E-state index in [9.17, 15) is 9.18 Å². The normalized spacial score (nSPS) is 17.1. The standard InChI is InChI=1S/C16H16FN3O/c17-15-14(2-1-7-19-15)16(21)20-13-6-4-10-8-12(18)5-3-11(10)9-13/h1-2,4,6-7,9,12H,3,5,8,18H2,(H,20,21)/t12-/m0/s1. The minimum Gasteiger partial charge on any atom is -0.327 e. The molecule has 1 aliphatic rings. The first-order valence-corrected chi connectivity index (χ1v) is 6.93. The first-order chi connectivity index (χ1) is 10.1. The number of rotatable bonds is 2. The molecule has 5 heteroatoms. The summed E-state index contributed by atoms with van der Waals surface area (Å²) in [7, 11) is 0. The topological polar surface area (TPSA) is 68.0 Å². The van der Waals surface area contributed by atoms with Crippen LogP contribution in [0.25, 0.3) is 0 Å². The Hall–Kier alpha value is -2.27. The van der Waals surface area contributed by atoms with E-state index in [0.717, 1.165) is 19.3 Å². The summed E-state index contributed by atoms with van der Waals surface area (Å²) in [5.41, 5.74) is 8.97. The molecule has 2 aromatic rings. The van der Waals surface area contributed by atoms with Gasteiger partial charge in [0.1, 0.15) is 0 Å². The molecule has 0 fully saturated rings. The first-order valence-electron chi connectivity index (χ1n) is 6.93. The fourth-order valence-electron chi connectivity index (χ4n) is 2.61. The minimum absolute atomic E-state index is 0.0581. The molecule has 4 nitrogen and oxygen atoms in total. The highest BCUT2D eigenvalue weighted by atomic mass is 19.1. The molecule has 1 atom stereocenters. The number of anilines is 1. The van der Waals surface area contributed by atoms with Crippen LogP contribution in [-0.2, 0) is 12.8 Å². The van der Waals surface area contributed by atoms with Crippen LogP contribution in [-0.4, -0.2) is 16.9 Å². The van der Waals surface area contributed by atoms with Gasteiger partial charge in [0.25, 0.3) is 5.91 Å². The molecule has 3 N–H and O–H groups in total. The second-order valence-electron chi connectivity index (χ2n) is 5.28. The summed E-state index contributed by atoms with van der Waals surface area (Å²) in [6.45, 7) is 0. The lowest BCUT2D eigenvalue weighted by atomic mass is 9.88. The summed E-state index contributed by atoms with van der Waals surface area (Å²) in [6.07, 6.45) is 4.03. The molecule has 108 valence electrons. The molecule has 0 saturated carbocycles. The van der Waals surface area contributed by atoms with Gasteiger partial charge in [0, 0.05) is 17.9 Å². The molecule has 0 aliphatic heterocycles. The number of pyridine rings is 1. The SMILES string of the molecule is N[C@H]1CCc2cc(NC(=O)c3cccnc3F)ccc2C1. The van der Waals surface area contributed by atoms with Gasteiger partial charge in [-0.3, -0.25) is 4.79 Å². The van der Waals surface area contributed by atoms with Crippen molar-refractivity contribution in [3.63, 3.8) is 0 Å². The van der Waals surface area contributed by atoms with Gasteiger partial charge in [-0.25, -0.2) is 4.98 Å². The van der Waals surface area contributed by atoms with E-state index in [4.69, 9.17) is 5.73 Å². The minimum atomic E-state index is -0.765. The zero-order valence-electron chi connectivity index (χ0n) is 11.5. The highest BCUT2D eigenvalue weighted by Gasteiger charge is 2.17. The number of hydrogen-bond donors (Lipinski definition) is 2. The molecule has 0 saturated heterocycles. The van der Waals surface area contributed by atoms with Crippen molar-refractivity contribution in [3.05, 3.63) is 59.2 Å². The molecule has 0 bridgehead atoms. The van der Waals surface area contributed by atoms with E-state index in [2.05, 4.69) is 10.3 Å². The number of fused-ring (bicyclic) bond motifs is 1. The second kappa shape index (κ2) is 5.61. The average molecular weight is 285 g/mol. The van der Waals surface area contributed by atoms with Gasteiger partial charge in [0.05, 0.1) is 5.56 Å². The Morgan fingerprint density at radius 2 is 2.19 bits per heavy atom. The highest BCUT2D eigenvalue weighted by molar-refractivity contribution is 6.04. The molecule has 1 amide bonds. The van der Waals surface area contributed by atoms with Crippen molar-refractivity contribution in [2.75, 3.05) is 5.32 Å². The molecule has 1 aliphatic carbocycles. The molecule has 1 aromatic heterocycles. The van der Waals surface area contributed by atoms with Crippen molar-refractivity contribution >= 4 is 11.6 Å². The Balaban J connectivity index is 1.80. The van der Waals surface area contributed by atoms with Gasteiger partial charge in [-0.1, -0.05) is 6.07 Å². The number of nitrogens with two attached hydrogens (primary N) is 1. The maximum atomic E-state index is 13.5. The third-order valence-electron chi connectivity index (χ3n) is 3.73. The lowest BCUT2D eigenvalue weighted by molar-refractivity contribution is 0.102. The zero-order chi connectivity index (χ0) is 14.8. The van der Waals surface area contributed by atoms with Crippen molar-refractivity contribution in [3.8, 4) is 0 Å². The number of nitrogens with zero attached hydrogens (tertiary/aromatic N) is 1. The van der Waals surface area contributed by atoms with E-state index in [1.165, 1.54) is 29.5 Å². The lowest BCUT2D eigenvalue weighted by Crippen LogP contribution is -2.27. The number of aryl methyl sites for hydroxylation is 1. The number of nitrogens with one attached hydrogen (secondary N) is 1. The van der Waals surface area contributed by atoms with Crippen LogP contribution in [0.5, 0.6) is 0 Å². The summed E-state index contributed by atoms with van der Waals surface area (Å²) < 4.78 is 13.5. The third-order valence-corrected chi connectivity index (χ3v) is 3.73. The predicted octanol–water partition coefficient (Wildman–Crippen LogP) is 2.29. The van der Waals surface area contributed by atoms with Crippen LogP contribution in [0, 0.1) is 5.95 Å². The van der Waals surface area contributed by atoms with E-state index >= 15 is 0 Å². The summed E-state index contributed by atoms with van der Waals surface area (Å²) in [5, 5.41) is 2.71. The maximum Gasteiger partial charge on any atom is 0.260 e. The van der Waals surface area contributed by atoms with Crippen molar-refractivity contribution in [1.29, 1.82) is 0 Å². The number of benzene rings is 1. The van der Waals surface area contributed by atoms with E-state index in [1.807, 2.05) is 18.2 Å². The molecule has 0 spiro atoms. The quantitative estimate of drug-likeness (QED) is 0.832. The van der Waals surface area contributed by atoms with Crippen LogP contribution in [0.15, 0.2) is 36.5 Å². The molecular formula is C16H16FN3O. The third kappa shape index (κ3) is 2.92. The molecule has 1 heterocycles. The number of hydrogen-bond acceptors (Lipinski definition) is 3.